The SMILES string of the molecule is CCc1cc(Cl)cc(C#N)c1N. The summed E-state index contributed by atoms with van der Waals surface area (Å²) < 4.78 is 0. The summed E-state index contributed by atoms with van der Waals surface area (Å²) >= 11 is 5.77. The molecule has 0 unspecified atom stereocenters. The molecule has 0 aliphatic carbocycles. The van der Waals surface area contributed by atoms with Crippen LogP contribution in [-0.4, -0.2) is 0 Å². The number of halogens is 1. The number of hydrogen-bond donors (Lipinski definition) is 1. The Morgan fingerprint density at radius 1 is 1.58 bits per heavy atom. The lowest BCUT2D eigenvalue weighted by Crippen LogP contribution is -1.96. The number of benzene rings is 1. The lowest BCUT2D eigenvalue weighted by atomic mass is 10.1. The van der Waals surface area contributed by atoms with Crippen LogP contribution in [-0.2, 0) is 6.42 Å². The molecule has 0 saturated carbocycles. The number of hydrogen-bond acceptors (Lipinski definition) is 2. The molecule has 0 spiro atoms. The highest BCUT2D eigenvalue weighted by Gasteiger charge is 2.04. The van der Waals surface area contributed by atoms with E-state index >= 15 is 0 Å². The van der Waals surface area contributed by atoms with Gasteiger partial charge in [0.25, 0.3) is 0 Å². The quantitative estimate of drug-likeness (QED) is 0.675. The maximum absolute atomic E-state index is 8.67. The second kappa shape index (κ2) is 3.46. The first kappa shape index (κ1) is 8.89. The van der Waals surface area contributed by atoms with E-state index in [1.807, 2.05) is 13.0 Å². The third-order valence-corrected chi connectivity index (χ3v) is 1.95. The molecule has 0 saturated heterocycles. The van der Waals surface area contributed by atoms with Gasteiger partial charge in [0.05, 0.1) is 11.3 Å². The maximum Gasteiger partial charge on any atom is 0.101 e. The van der Waals surface area contributed by atoms with Crippen LogP contribution in [0.5, 0.6) is 0 Å². The second-order valence-corrected chi connectivity index (χ2v) is 2.93. The summed E-state index contributed by atoms with van der Waals surface area (Å²) in [5.41, 5.74) is 7.63. The molecule has 2 nitrogen and oxygen atoms in total. The van der Waals surface area contributed by atoms with Crippen LogP contribution in [0.2, 0.25) is 5.02 Å². The summed E-state index contributed by atoms with van der Waals surface area (Å²) in [6, 6.07) is 5.37. The molecule has 1 aromatic carbocycles. The third-order valence-electron chi connectivity index (χ3n) is 1.73. The van der Waals surface area contributed by atoms with Crippen molar-refractivity contribution in [1.29, 1.82) is 5.26 Å². The Bertz CT molecular complexity index is 339. The van der Waals surface area contributed by atoms with Gasteiger partial charge >= 0.3 is 0 Å². The van der Waals surface area contributed by atoms with E-state index in [-0.39, 0.29) is 0 Å². The highest BCUT2D eigenvalue weighted by Crippen LogP contribution is 2.22. The molecule has 12 heavy (non-hydrogen) atoms. The number of nitrogen functional groups attached to an aromatic ring is 1. The van der Waals surface area contributed by atoms with Gasteiger partial charge in [-0.2, -0.15) is 5.26 Å². The standard InChI is InChI=1S/C9H9ClN2/c1-2-6-3-8(10)4-7(5-11)9(6)12/h3-4H,2,12H2,1H3. The van der Waals surface area contributed by atoms with Crippen molar-refractivity contribution in [2.24, 2.45) is 0 Å². The average Bonchev–Trinajstić information content (AvgIpc) is 2.08. The number of aryl methyl sites for hydroxylation is 1. The molecule has 0 aliphatic heterocycles. The number of anilines is 1. The third kappa shape index (κ3) is 1.51. The Morgan fingerprint density at radius 2 is 2.25 bits per heavy atom. The van der Waals surface area contributed by atoms with Crippen LogP contribution in [0.1, 0.15) is 18.1 Å². The van der Waals surface area contributed by atoms with Crippen LogP contribution in [0.4, 0.5) is 5.69 Å². The molecule has 0 fully saturated rings. The van der Waals surface area contributed by atoms with Crippen LogP contribution in [0, 0.1) is 11.3 Å². The number of nitrogens with zero attached hydrogens (tertiary/aromatic N) is 1. The molecular weight excluding hydrogens is 172 g/mol. The Balaban J connectivity index is 3.34. The van der Waals surface area contributed by atoms with Crippen molar-refractivity contribution in [2.75, 3.05) is 5.73 Å². The summed E-state index contributed by atoms with van der Waals surface area (Å²) in [5, 5.41) is 9.24. The summed E-state index contributed by atoms with van der Waals surface area (Å²) in [6.07, 6.45) is 0.793. The van der Waals surface area contributed by atoms with Gasteiger partial charge in [0.15, 0.2) is 0 Å². The molecule has 1 rings (SSSR count). The minimum absolute atomic E-state index is 0.458. The molecule has 0 atom stereocenters. The van der Waals surface area contributed by atoms with Gasteiger partial charge < -0.3 is 5.73 Å². The number of nitrogens with two attached hydrogens (primary N) is 1. The first-order chi connectivity index (χ1) is 5.69. The van der Waals surface area contributed by atoms with Gasteiger partial charge in [-0.05, 0) is 24.1 Å². The van der Waals surface area contributed by atoms with E-state index < -0.39 is 0 Å². The zero-order valence-corrected chi connectivity index (χ0v) is 7.52. The fraction of sp³-hybridized carbons (Fsp3) is 0.222. The molecule has 2 N–H and O–H groups in total. The van der Waals surface area contributed by atoms with Gasteiger partial charge in [0.1, 0.15) is 6.07 Å². The van der Waals surface area contributed by atoms with Crippen molar-refractivity contribution in [2.45, 2.75) is 13.3 Å². The van der Waals surface area contributed by atoms with E-state index in [2.05, 4.69) is 0 Å². The van der Waals surface area contributed by atoms with Crippen molar-refractivity contribution in [1.82, 2.24) is 0 Å². The molecule has 3 heteroatoms. The topological polar surface area (TPSA) is 49.8 Å². The van der Waals surface area contributed by atoms with Crippen LogP contribution in [0.3, 0.4) is 0 Å². The van der Waals surface area contributed by atoms with Crippen LogP contribution in [0.15, 0.2) is 12.1 Å². The van der Waals surface area contributed by atoms with Crippen molar-refractivity contribution in [3.05, 3.63) is 28.3 Å². The van der Waals surface area contributed by atoms with Crippen molar-refractivity contribution in [3.63, 3.8) is 0 Å². The van der Waals surface area contributed by atoms with E-state index in [9.17, 15) is 0 Å². The molecule has 0 amide bonds. The van der Waals surface area contributed by atoms with Gasteiger partial charge in [-0.1, -0.05) is 18.5 Å². The van der Waals surface area contributed by atoms with Crippen molar-refractivity contribution < 1.29 is 0 Å². The Morgan fingerprint density at radius 3 is 2.75 bits per heavy atom. The van der Waals surface area contributed by atoms with Crippen molar-refractivity contribution in [3.8, 4) is 6.07 Å². The van der Waals surface area contributed by atoms with E-state index in [1.54, 1.807) is 12.1 Å². The predicted molar refractivity (Wildman–Crippen MR) is 50.0 cm³/mol. The van der Waals surface area contributed by atoms with Gasteiger partial charge in [-0.3, -0.25) is 0 Å². The van der Waals surface area contributed by atoms with Gasteiger partial charge in [0.2, 0.25) is 0 Å². The monoisotopic (exact) mass is 180 g/mol. The fourth-order valence-electron chi connectivity index (χ4n) is 1.06. The molecule has 1 aromatic rings. The van der Waals surface area contributed by atoms with E-state index in [4.69, 9.17) is 22.6 Å². The fourth-order valence-corrected chi connectivity index (χ4v) is 1.30. The minimum atomic E-state index is 0.458. The van der Waals surface area contributed by atoms with Crippen LogP contribution >= 0.6 is 11.6 Å². The van der Waals surface area contributed by atoms with Gasteiger partial charge in [-0.15, -0.1) is 0 Å². The highest BCUT2D eigenvalue weighted by atomic mass is 35.5. The predicted octanol–water partition coefficient (Wildman–Crippen LogP) is 2.36. The summed E-state index contributed by atoms with van der Waals surface area (Å²) in [4.78, 5) is 0. The summed E-state index contributed by atoms with van der Waals surface area (Å²) in [6.45, 7) is 1.98. The zero-order chi connectivity index (χ0) is 9.14. The molecule has 0 aromatic heterocycles. The molecule has 0 bridgehead atoms. The first-order valence-corrected chi connectivity index (χ1v) is 4.04. The lowest BCUT2D eigenvalue weighted by Gasteiger charge is -2.04. The normalized spacial score (nSPS) is 9.42. The minimum Gasteiger partial charge on any atom is -0.397 e. The molecule has 0 aliphatic rings. The van der Waals surface area contributed by atoms with Crippen molar-refractivity contribution >= 4 is 17.3 Å². The molecule has 0 heterocycles. The average molecular weight is 181 g/mol. The number of nitriles is 1. The Hall–Kier alpha value is -1.20. The molecular formula is C9H9ClN2. The maximum atomic E-state index is 8.67. The Kier molecular flexibility index (Phi) is 2.57. The van der Waals surface area contributed by atoms with Crippen LogP contribution in [0.25, 0.3) is 0 Å². The van der Waals surface area contributed by atoms with E-state index in [0.29, 0.717) is 16.3 Å². The summed E-state index contributed by atoms with van der Waals surface area (Å²) in [7, 11) is 0. The lowest BCUT2D eigenvalue weighted by molar-refractivity contribution is 1.14. The smallest absolute Gasteiger partial charge is 0.101 e. The van der Waals surface area contributed by atoms with E-state index in [0.717, 1.165) is 12.0 Å². The molecule has 62 valence electrons. The molecule has 0 radical (unpaired) electrons. The Labute approximate surface area is 76.6 Å². The number of rotatable bonds is 1. The summed E-state index contributed by atoms with van der Waals surface area (Å²) in [5.74, 6) is 0. The van der Waals surface area contributed by atoms with Crippen LogP contribution < -0.4 is 5.73 Å². The second-order valence-electron chi connectivity index (χ2n) is 2.49. The van der Waals surface area contributed by atoms with Gasteiger partial charge in [-0.25, -0.2) is 0 Å². The van der Waals surface area contributed by atoms with Gasteiger partial charge in [0, 0.05) is 5.02 Å². The zero-order valence-electron chi connectivity index (χ0n) is 6.76. The largest absolute Gasteiger partial charge is 0.397 e. The van der Waals surface area contributed by atoms with E-state index in [1.165, 1.54) is 0 Å². The highest BCUT2D eigenvalue weighted by molar-refractivity contribution is 6.30. The first-order valence-electron chi connectivity index (χ1n) is 3.67.